The minimum atomic E-state index is -0.350. The van der Waals surface area contributed by atoms with Gasteiger partial charge in [-0.25, -0.2) is 4.79 Å². The number of fused-ring (bicyclic) bond motifs is 2. The van der Waals surface area contributed by atoms with Gasteiger partial charge in [0.2, 0.25) is 5.56 Å². The molecule has 3 N–H and O–H groups in total. The first-order valence-electron chi connectivity index (χ1n) is 12.7. The van der Waals surface area contributed by atoms with Crippen molar-refractivity contribution in [1.29, 1.82) is 0 Å². The average Bonchev–Trinajstić information content (AvgIpc) is 3.25. The number of hydrogen-bond acceptors (Lipinski definition) is 8. The summed E-state index contributed by atoms with van der Waals surface area (Å²) >= 11 is 1.40. The van der Waals surface area contributed by atoms with E-state index in [4.69, 9.17) is 15.2 Å². The van der Waals surface area contributed by atoms with Crippen molar-refractivity contribution >= 4 is 49.7 Å². The summed E-state index contributed by atoms with van der Waals surface area (Å²) in [4.78, 5) is 32.0. The van der Waals surface area contributed by atoms with Crippen LogP contribution in [0.5, 0.6) is 5.75 Å². The molecular weight excluding hydrogens is 488 g/mol. The standard InChI is InChI=1S/C28H32N4O4S/c1-2-35-28(34)27-26(29)25-22(6-5-7-23(25)37-27)32-15-13-31(14-16-32)12-3-4-17-36-20-10-8-19-9-11-24(33)30-21(19)18-20/h5-11,18H,2-4,12-17,29H2,1H3,(H,30,33). The maximum absolute atomic E-state index is 12.3. The Morgan fingerprint density at radius 2 is 1.89 bits per heavy atom. The van der Waals surface area contributed by atoms with Crippen LogP contribution in [0.15, 0.2) is 53.3 Å². The molecule has 2 aromatic carbocycles. The molecule has 2 aromatic heterocycles. The number of rotatable bonds is 9. The topological polar surface area (TPSA) is 101 Å². The third kappa shape index (κ3) is 5.57. The molecule has 0 radical (unpaired) electrons. The lowest BCUT2D eigenvalue weighted by Gasteiger charge is -2.36. The van der Waals surface area contributed by atoms with E-state index >= 15 is 0 Å². The predicted molar refractivity (Wildman–Crippen MR) is 150 cm³/mol. The summed E-state index contributed by atoms with van der Waals surface area (Å²) in [5.74, 6) is 0.424. The minimum Gasteiger partial charge on any atom is -0.494 e. The van der Waals surface area contributed by atoms with Gasteiger partial charge < -0.3 is 25.1 Å². The van der Waals surface area contributed by atoms with Crippen LogP contribution in [-0.2, 0) is 4.74 Å². The molecule has 0 unspecified atom stereocenters. The van der Waals surface area contributed by atoms with Gasteiger partial charge in [-0.05, 0) is 62.0 Å². The number of aromatic amines is 1. The molecule has 5 rings (SSSR count). The lowest BCUT2D eigenvalue weighted by Crippen LogP contribution is -2.46. The van der Waals surface area contributed by atoms with E-state index in [1.54, 1.807) is 6.92 Å². The molecule has 0 bridgehead atoms. The van der Waals surface area contributed by atoms with Crippen LogP contribution in [0.2, 0.25) is 0 Å². The maximum atomic E-state index is 12.3. The second-order valence-electron chi connectivity index (χ2n) is 9.17. The van der Waals surface area contributed by atoms with Gasteiger partial charge in [0.05, 0.1) is 24.4 Å². The normalized spacial score (nSPS) is 14.4. The highest BCUT2D eigenvalue weighted by Crippen LogP contribution is 2.40. The van der Waals surface area contributed by atoms with Crippen molar-refractivity contribution in [2.75, 3.05) is 56.6 Å². The number of benzene rings is 2. The smallest absolute Gasteiger partial charge is 0.350 e. The molecule has 0 amide bonds. The predicted octanol–water partition coefficient (Wildman–Crippen LogP) is 4.48. The first-order valence-corrected chi connectivity index (χ1v) is 13.6. The van der Waals surface area contributed by atoms with Gasteiger partial charge in [0.25, 0.3) is 0 Å². The molecule has 1 saturated heterocycles. The van der Waals surface area contributed by atoms with E-state index < -0.39 is 0 Å². The highest BCUT2D eigenvalue weighted by atomic mass is 32.1. The molecule has 194 valence electrons. The minimum absolute atomic E-state index is 0.110. The van der Waals surface area contributed by atoms with Gasteiger partial charge in [-0.2, -0.15) is 0 Å². The van der Waals surface area contributed by atoms with Gasteiger partial charge in [-0.3, -0.25) is 9.69 Å². The van der Waals surface area contributed by atoms with Crippen molar-refractivity contribution in [3.63, 3.8) is 0 Å². The Morgan fingerprint density at radius 3 is 2.70 bits per heavy atom. The third-order valence-corrected chi connectivity index (χ3v) is 7.89. The van der Waals surface area contributed by atoms with Crippen LogP contribution in [0.1, 0.15) is 29.4 Å². The van der Waals surface area contributed by atoms with E-state index in [-0.39, 0.29) is 11.5 Å². The van der Waals surface area contributed by atoms with Crippen LogP contribution < -0.4 is 20.9 Å². The Kier molecular flexibility index (Phi) is 7.62. The monoisotopic (exact) mass is 520 g/mol. The quantitative estimate of drug-likeness (QED) is 0.248. The van der Waals surface area contributed by atoms with Crippen molar-refractivity contribution in [1.82, 2.24) is 9.88 Å². The van der Waals surface area contributed by atoms with Crippen molar-refractivity contribution in [2.45, 2.75) is 19.8 Å². The number of nitrogens with two attached hydrogens (primary N) is 1. The van der Waals surface area contributed by atoms with Gasteiger partial charge in [0.1, 0.15) is 10.6 Å². The summed E-state index contributed by atoms with van der Waals surface area (Å²) in [5, 5.41) is 1.95. The van der Waals surface area contributed by atoms with Gasteiger partial charge in [-0.15, -0.1) is 11.3 Å². The number of piperazine rings is 1. The summed E-state index contributed by atoms with van der Waals surface area (Å²) in [6.45, 7) is 7.58. The maximum Gasteiger partial charge on any atom is 0.350 e. The zero-order valence-corrected chi connectivity index (χ0v) is 21.8. The highest BCUT2D eigenvalue weighted by Gasteiger charge is 2.23. The number of carbonyl (C=O) groups excluding carboxylic acids is 1. The molecule has 1 aliphatic rings. The number of thiophene rings is 1. The largest absolute Gasteiger partial charge is 0.494 e. The molecular formula is C28H32N4O4S. The first-order chi connectivity index (χ1) is 18.0. The van der Waals surface area contributed by atoms with Crippen LogP contribution in [0.25, 0.3) is 21.0 Å². The molecule has 0 aliphatic carbocycles. The van der Waals surface area contributed by atoms with Crippen molar-refractivity contribution < 1.29 is 14.3 Å². The molecule has 0 atom stereocenters. The van der Waals surface area contributed by atoms with E-state index in [1.165, 1.54) is 17.4 Å². The van der Waals surface area contributed by atoms with Crippen molar-refractivity contribution in [3.05, 3.63) is 63.8 Å². The number of ether oxygens (including phenoxy) is 2. The molecule has 37 heavy (non-hydrogen) atoms. The Hall–Kier alpha value is -3.56. The van der Waals surface area contributed by atoms with Crippen LogP contribution in [0.3, 0.4) is 0 Å². The van der Waals surface area contributed by atoms with Crippen LogP contribution in [0, 0.1) is 0 Å². The number of nitrogens with zero attached hydrogens (tertiary/aromatic N) is 2. The number of unbranched alkanes of at least 4 members (excludes halogenated alkanes) is 1. The fourth-order valence-electron chi connectivity index (χ4n) is 4.82. The van der Waals surface area contributed by atoms with Crippen LogP contribution in [0.4, 0.5) is 11.4 Å². The van der Waals surface area contributed by atoms with Gasteiger partial charge in [-0.1, -0.05) is 6.07 Å². The zero-order valence-electron chi connectivity index (χ0n) is 21.0. The number of H-pyrrole nitrogens is 1. The lowest BCUT2D eigenvalue weighted by molar-refractivity contribution is 0.0533. The van der Waals surface area contributed by atoms with Gasteiger partial charge in [0, 0.05) is 54.1 Å². The molecule has 4 aromatic rings. The van der Waals surface area contributed by atoms with E-state index in [1.807, 2.05) is 36.4 Å². The number of nitrogens with one attached hydrogen (secondary N) is 1. The molecule has 0 spiro atoms. The number of anilines is 2. The molecule has 0 saturated carbocycles. The number of nitrogen functional groups attached to an aromatic ring is 1. The number of carbonyl (C=O) groups is 1. The number of aromatic nitrogens is 1. The Bertz CT molecular complexity index is 1460. The summed E-state index contributed by atoms with van der Waals surface area (Å²) in [7, 11) is 0. The number of hydrogen-bond donors (Lipinski definition) is 2. The Labute approximate surface area is 219 Å². The summed E-state index contributed by atoms with van der Waals surface area (Å²) in [6, 6.07) is 15.3. The van der Waals surface area contributed by atoms with Gasteiger partial charge in [0.15, 0.2) is 0 Å². The second kappa shape index (κ2) is 11.2. The van der Waals surface area contributed by atoms with E-state index in [0.717, 1.165) is 78.0 Å². The molecule has 8 nitrogen and oxygen atoms in total. The van der Waals surface area contributed by atoms with E-state index in [2.05, 4.69) is 20.9 Å². The average molecular weight is 521 g/mol. The first kappa shape index (κ1) is 25.1. The molecule has 9 heteroatoms. The van der Waals surface area contributed by atoms with Crippen LogP contribution in [-0.4, -0.2) is 61.8 Å². The SMILES string of the molecule is CCOC(=O)c1sc2cccc(N3CCN(CCCCOc4ccc5ccc(=O)[nH]c5c4)CC3)c2c1N. The Balaban J connectivity index is 1.11. The van der Waals surface area contributed by atoms with E-state index in [0.29, 0.717) is 23.8 Å². The number of pyridine rings is 1. The fraction of sp³-hybridized carbons (Fsp3) is 0.357. The highest BCUT2D eigenvalue weighted by molar-refractivity contribution is 7.21. The summed E-state index contributed by atoms with van der Waals surface area (Å²) in [6.07, 6.45) is 2.02. The number of esters is 1. The lowest BCUT2D eigenvalue weighted by atomic mass is 10.1. The molecule has 1 aliphatic heterocycles. The third-order valence-electron chi connectivity index (χ3n) is 6.74. The summed E-state index contributed by atoms with van der Waals surface area (Å²) in [5.41, 5.74) is 8.71. The van der Waals surface area contributed by atoms with E-state index in [9.17, 15) is 9.59 Å². The van der Waals surface area contributed by atoms with Crippen molar-refractivity contribution in [3.8, 4) is 5.75 Å². The second-order valence-corrected chi connectivity index (χ2v) is 10.2. The Morgan fingerprint density at radius 1 is 1.08 bits per heavy atom. The fourth-order valence-corrected chi connectivity index (χ4v) is 5.86. The van der Waals surface area contributed by atoms with Crippen LogP contribution >= 0.6 is 11.3 Å². The molecule has 3 heterocycles. The van der Waals surface area contributed by atoms with Crippen molar-refractivity contribution in [2.24, 2.45) is 0 Å². The zero-order chi connectivity index (χ0) is 25.8. The van der Waals surface area contributed by atoms with Gasteiger partial charge >= 0.3 is 5.97 Å². The molecule has 1 fully saturated rings. The summed E-state index contributed by atoms with van der Waals surface area (Å²) < 4.78 is 12.1.